The van der Waals surface area contributed by atoms with Gasteiger partial charge in [0, 0.05) is 38.1 Å². The first-order valence-corrected chi connectivity index (χ1v) is 37.3. The maximum absolute atomic E-state index is 13.6. The second-order valence-electron chi connectivity index (χ2n) is 23.4. The van der Waals surface area contributed by atoms with Crippen LogP contribution in [0.25, 0.3) is 34.5 Å². The Labute approximate surface area is 583 Å². The third-order valence-electron chi connectivity index (χ3n) is 16.2. The van der Waals surface area contributed by atoms with Crippen LogP contribution in [0.4, 0.5) is 23.5 Å². The summed E-state index contributed by atoms with van der Waals surface area (Å²) in [4.78, 5) is 122. The summed E-state index contributed by atoms with van der Waals surface area (Å²) in [6.07, 6.45) is -7.17. The molecule has 16 atom stereocenters. The molecule has 4 aliphatic rings. The Bertz CT molecular complexity index is 4870. The zero-order chi connectivity index (χ0) is 73.8. The van der Waals surface area contributed by atoms with Gasteiger partial charge in [-0.1, -0.05) is 36.4 Å². The molecule has 6 aromatic heterocycles. The van der Waals surface area contributed by atoms with Gasteiger partial charge in [0.25, 0.3) is 11.1 Å². The predicted molar refractivity (Wildman–Crippen MR) is 355 cm³/mol. The average Bonchev–Trinajstić information content (AvgIpc) is 1.63. The molecule has 104 heavy (non-hydrogen) atoms. The number of fused-ring (bicyclic) bond motifs is 2. The second kappa shape index (κ2) is 31.8. The second-order valence-corrected chi connectivity index (χ2v) is 29.0. The standard InChI is InChI=1S/C56H68N16O28P4/c57-41-11-13-69(55(77)63-41)44-20-34(37(23-73)94-44)98-104(85,86)93-26-40-35(21-45(96-40)70-14-12-42(58)64-56(70)78)99-102(81,82)90-18-16-88-32-9-5-30(6-10-32)2-1-29-3-7-31(8-4-29)87-15-17-89-101(79,80)91-25-39-36(22-46(97-39)72-28-62-48-50(72)66-54(60)68-52(48)76)100-103(83,84)92-24-38-33(74)19-43(95-38)71-27-61-47-49(71)65-53(59)67-51(47)75/h1-14,27-28,33-40,43-46,73-74H,15-26H2,(H,79,80)(H,81,82)(H,83,84)(H,85,86)(H2,57,63,77)(H2,58,64,78)(H3,59,65,67,75)(H3,60,66,68,76)/b2-1+/t33-,34-,35-,36-,37+,38+,39+,40+,43+,44+,45+,46+/m0/s1. The number of imidazole rings is 2. The highest BCUT2D eigenvalue weighted by atomic mass is 31.2. The van der Waals surface area contributed by atoms with E-state index in [0.717, 1.165) is 20.3 Å². The Morgan fingerprint density at radius 1 is 0.481 bits per heavy atom. The number of aromatic nitrogens is 12. The third kappa shape index (κ3) is 18.6. The molecule has 560 valence electrons. The summed E-state index contributed by atoms with van der Waals surface area (Å²) < 4.78 is 136. The number of anilines is 4. The molecule has 44 nitrogen and oxygen atoms in total. The van der Waals surface area contributed by atoms with E-state index in [1.54, 1.807) is 60.7 Å². The highest BCUT2D eigenvalue weighted by Gasteiger charge is 2.48. The highest BCUT2D eigenvalue weighted by molar-refractivity contribution is 7.48. The van der Waals surface area contributed by atoms with E-state index in [1.165, 1.54) is 46.3 Å². The molecular weight excluding hydrogens is 1470 g/mol. The Balaban J connectivity index is 0.579. The van der Waals surface area contributed by atoms with Gasteiger partial charge in [-0.25, -0.2) is 37.8 Å². The van der Waals surface area contributed by atoms with Crippen molar-refractivity contribution in [2.45, 2.75) is 99.4 Å². The fourth-order valence-corrected chi connectivity index (χ4v) is 14.9. The Hall–Kier alpha value is -8.36. The van der Waals surface area contributed by atoms with Crippen molar-refractivity contribution in [1.29, 1.82) is 0 Å². The number of phosphoric ester groups is 4. The number of benzene rings is 2. The Kier molecular flexibility index (Phi) is 23.0. The van der Waals surface area contributed by atoms with Crippen LogP contribution in [0.5, 0.6) is 11.5 Å². The van der Waals surface area contributed by atoms with Crippen molar-refractivity contribution in [3.8, 4) is 11.5 Å². The van der Waals surface area contributed by atoms with Crippen LogP contribution < -0.4 is 54.9 Å². The summed E-state index contributed by atoms with van der Waals surface area (Å²) >= 11 is 0. The monoisotopic (exact) mass is 1540 g/mol. The molecule has 0 radical (unpaired) electrons. The molecule has 12 rings (SSSR count). The number of ether oxygens (including phenoxy) is 6. The van der Waals surface area contributed by atoms with Gasteiger partial charge in [0.05, 0.1) is 58.4 Å². The Morgan fingerprint density at radius 2 is 0.856 bits per heavy atom. The number of aromatic amines is 2. The zero-order valence-corrected chi connectivity index (χ0v) is 57.5. The van der Waals surface area contributed by atoms with E-state index in [9.17, 15) is 67.2 Å². The number of hydrogen-bond acceptors (Lipinski definition) is 34. The molecule has 8 aromatic rings. The Morgan fingerprint density at radius 3 is 1.30 bits per heavy atom. The fourth-order valence-electron chi connectivity index (χ4n) is 11.4. The molecule has 4 fully saturated rings. The number of rotatable bonds is 32. The molecular formula is C56H68N16O28P4. The van der Waals surface area contributed by atoms with E-state index in [0.29, 0.717) is 11.5 Å². The summed E-state index contributed by atoms with van der Waals surface area (Å²) in [7, 11) is -20.0. The van der Waals surface area contributed by atoms with Crippen molar-refractivity contribution >= 4 is 89.3 Å². The van der Waals surface area contributed by atoms with Crippen LogP contribution in [0.1, 0.15) is 61.7 Å². The number of nitrogens with zero attached hydrogens (tertiary/aromatic N) is 10. The summed E-state index contributed by atoms with van der Waals surface area (Å²) in [6.45, 7) is -4.35. The number of aliphatic hydroxyl groups is 2. The molecule has 10 heterocycles. The van der Waals surface area contributed by atoms with Crippen molar-refractivity contribution in [3.63, 3.8) is 0 Å². The molecule has 4 saturated heterocycles. The van der Waals surface area contributed by atoms with Gasteiger partial charge in [-0.2, -0.15) is 19.9 Å². The normalized spacial score (nSPS) is 25.9. The topological polar surface area (TPSA) is 620 Å². The maximum Gasteiger partial charge on any atom is 0.472 e. The van der Waals surface area contributed by atoms with Crippen LogP contribution >= 0.6 is 31.3 Å². The summed E-state index contributed by atoms with van der Waals surface area (Å²) in [5, 5.41) is 20.8. The lowest BCUT2D eigenvalue weighted by atomic mass is 10.1. The largest absolute Gasteiger partial charge is 0.491 e. The zero-order valence-electron chi connectivity index (χ0n) is 53.9. The summed E-state index contributed by atoms with van der Waals surface area (Å²) in [6, 6.07) is 16.1. The van der Waals surface area contributed by atoms with E-state index in [2.05, 4.69) is 39.9 Å². The van der Waals surface area contributed by atoms with Crippen molar-refractivity contribution in [2.24, 2.45) is 0 Å². The lowest BCUT2D eigenvalue weighted by molar-refractivity contribution is -0.0576. The minimum atomic E-state index is -5.10. The summed E-state index contributed by atoms with van der Waals surface area (Å²) in [5.41, 5.74) is 21.2. The fraction of sp³-hybridized carbons (Fsp3) is 0.429. The third-order valence-corrected chi connectivity index (χ3v) is 20.3. The average molecular weight is 1540 g/mol. The van der Waals surface area contributed by atoms with Gasteiger partial charge in [-0.3, -0.25) is 74.0 Å². The van der Waals surface area contributed by atoms with Gasteiger partial charge >= 0.3 is 42.7 Å². The van der Waals surface area contributed by atoms with Gasteiger partial charge in [0.2, 0.25) is 11.9 Å². The number of hydrogen-bond donors (Lipinski definition) is 12. The van der Waals surface area contributed by atoms with Crippen LogP contribution in [0, 0.1) is 0 Å². The number of nitrogens with one attached hydrogen (secondary N) is 2. The molecule has 2 aromatic carbocycles. The van der Waals surface area contributed by atoms with Gasteiger partial charge < -0.3 is 81.1 Å². The smallest absolute Gasteiger partial charge is 0.472 e. The van der Waals surface area contributed by atoms with Crippen molar-refractivity contribution < 1.29 is 113 Å². The van der Waals surface area contributed by atoms with Crippen LogP contribution in [-0.4, -0.2) is 190 Å². The van der Waals surface area contributed by atoms with Crippen molar-refractivity contribution in [3.05, 3.63) is 139 Å². The van der Waals surface area contributed by atoms with Crippen LogP contribution in [0.3, 0.4) is 0 Å². The van der Waals surface area contributed by atoms with Gasteiger partial charge in [0.1, 0.15) is 104 Å². The minimum absolute atomic E-state index is 0.0297. The molecule has 0 bridgehead atoms. The quantitative estimate of drug-likeness (QED) is 0.0158. The summed E-state index contributed by atoms with van der Waals surface area (Å²) in [5.74, 6) is 0.114. The highest BCUT2D eigenvalue weighted by Crippen LogP contribution is 2.53. The molecule has 4 aliphatic heterocycles. The van der Waals surface area contributed by atoms with Gasteiger partial charge in [0.15, 0.2) is 22.3 Å². The molecule has 48 heteroatoms. The molecule has 16 N–H and O–H groups in total. The molecule has 4 unspecified atom stereocenters. The van der Waals surface area contributed by atoms with E-state index < -0.39 is 167 Å². The first-order chi connectivity index (χ1) is 49.5. The first kappa shape index (κ1) is 75.3. The van der Waals surface area contributed by atoms with Gasteiger partial charge in [-0.05, 0) is 47.5 Å². The van der Waals surface area contributed by atoms with E-state index in [1.807, 2.05) is 0 Å². The van der Waals surface area contributed by atoms with Crippen LogP contribution in [0.2, 0.25) is 0 Å². The SMILES string of the molecule is Nc1ccn([C@H]2C[C@H](OP(=O)(O)OC[C@H]3O[C@@H](n4ccc(N)nc4=O)C[C@@H]3OP(=O)(O)OCCOc3ccc(/C=C/c4ccc(OCCOP(=O)(O)OC[C@H]5O[C@@H](n6cnc7c(=O)[nH]c(N)nc76)C[C@@H]5OP(=O)(O)OC[C@H]5O[C@@H](n6cnc7c(=O)[nH]c(N)nc76)C[C@@H]5O)cc4)cc3)[C@@H](CO)O2)c(=O)n1. The van der Waals surface area contributed by atoms with Crippen molar-refractivity contribution in [1.82, 2.24) is 58.1 Å². The lowest BCUT2D eigenvalue weighted by Gasteiger charge is -2.23. The number of nitrogens with two attached hydrogens (primary N) is 4. The van der Waals surface area contributed by atoms with Crippen LogP contribution in [0.15, 0.2) is 105 Å². The van der Waals surface area contributed by atoms with E-state index in [4.69, 9.17) is 87.5 Å². The number of H-pyrrole nitrogens is 2. The van der Waals surface area contributed by atoms with E-state index in [-0.39, 0.29) is 84.8 Å². The maximum atomic E-state index is 13.6. The lowest BCUT2D eigenvalue weighted by Crippen LogP contribution is -2.30. The van der Waals surface area contributed by atoms with E-state index >= 15 is 0 Å². The number of nitrogen functional groups attached to an aromatic ring is 4. The number of phosphoric acid groups is 4. The molecule has 0 amide bonds. The van der Waals surface area contributed by atoms with Crippen LogP contribution in [-0.2, 0) is 73.4 Å². The van der Waals surface area contributed by atoms with Gasteiger partial charge in [-0.15, -0.1) is 0 Å². The molecule has 0 aliphatic carbocycles. The molecule has 0 saturated carbocycles. The number of aliphatic hydroxyl groups excluding tert-OH is 2. The van der Waals surface area contributed by atoms with Crippen molar-refractivity contribution in [2.75, 3.05) is 75.8 Å². The first-order valence-electron chi connectivity index (χ1n) is 31.3. The predicted octanol–water partition coefficient (Wildman–Crippen LogP) is 0.867. The molecule has 0 spiro atoms. The minimum Gasteiger partial charge on any atom is -0.491 e.